The monoisotopic (exact) mass is 414 g/mol. The van der Waals surface area contributed by atoms with Crippen LogP contribution in [0.3, 0.4) is 0 Å². The van der Waals surface area contributed by atoms with Crippen LogP contribution in [0.1, 0.15) is 94.2 Å². The highest BCUT2D eigenvalue weighted by Crippen LogP contribution is 2.41. The summed E-state index contributed by atoms with van der Waals surface area (Å²) in [7, 11) is 0. The molecule has 0 bridgehead atoms. The van der Waals surface area contributed by atoms with Gasteiger partial charge in [-0.05, 0) is 67.2 Å². The highest BCUT2D eigenvalue weighted by atomic mass is 16.5. The Morgan fingerprint density at radius 2 is 1.55 bits per heavy atom. The number of unbranched alkanes of at least 4 members (excludes halogenated alkanes) is 2. The molecule has 0 aromatic heterocycles. The predicted octanol–water partition coefficient (Wildman–Crippen LogP) is 7.74. The van der Waals surface area contributed by atoms with Crippen molar-refractivity contribution in [2.24, 2.45) is 5.92 Å². The first-order valence-electron chi connectivity index (χ1n) is 11.9. The Morgan fingerprint density at radius 1 is 0.839 bits per heavy atom. The van der Waals surface area contributed by atoms with Crippen molar-refractivity contribution in [1.29, 1.82) is 10.5 Å². The van der Waals surface area contributed by atoms with Gasteiger partial charge in [-0.25, -0.2) is 0 Å². The van der Waals surface area contributed by atoms with Crippen LogP contribution in [0.5, 0.6) is 5.75 Å². The second kappa shape index (κ2) is 11.6. The normalized spacial score (nSPS) is 18.2. The van der Waals surface area contributed by atoms with Crippen molar-refractivity contribution in [1.82, 2.24) is 0 Å². The lowest BCUT2D eigenvalue weighted by atomic mass is 9.75. The topological polar surface area (TPSA) is 56.8 Å². The molecule has 2 aromatic carbocycles. The molecule has 1 aliphatic carbocycles. The van der Waals surface area contributed by atoms with E-state index < -0.39 is 0 Å². The lowest BCUT2D eigenvalue weighted by Gasteiger charge is -2.29. The van der Waals surface area contributed by atoms with Gasteiger partial charge in [-0.1, -0.05) is 63.8 Å². The zero-order valence-electron chi connectivity index (χ0n) is 19.0. The third-order valence-corrected chi connectivity index (χ3v) is 6.60. The minimum Gasteiger partial charge on any atom is -0.494 e. The minimum atomic E-state index is 0.392. The molecule has 0 aliphatic heterocycles. The molecule has 0 radical (unpaired) electrons. The Labute approximate surface area is 187 Å². The van der Waals surface area contributed by atoms with Gasteiger partial charge in [-0.2, -0.15) is 10.5 Å². The Bertz CT molecular complexity index is 925. The van der Waals surface area contributed by atoms with Crippen LogP contribution < -0.4 is 4.74 Å². The van der Waals surface area contributed by atoms with Crippen LogP contribution in [0.25, 0.3) is 11.1 Å². The molecule has 0 spiro atoms. The molecule has 162 valence electrons. The molecule has 3 rings (SSSR count). The summed E-state index contributed by atoms with van der Waals surface area (Å²) >= 11 is 0. The fraction of sp³-hybridized carbons (Fsp3) is 0.500. The van der Waals surface area contributed by atoms with Crippen molar-refractivity contribution in [2.45, 2.75) is 77.6 Å². The number of benzene rings is 2. The van der Waals surface area contributed by atoms with Gasteiger partial charge < -0.3 is 4.74 Å². The largest absolute Gasteiger partial charge is 0.494 e. The van der Waals surface area contributed by atoms with Gasteiger partial charge in [0.2, 0.25) is 0 Å². The van der Waals surface area contributed by atoms with Gasteiger partial charge in [0.15, 0.2) is 0 Å². The van der Waals surface area contributed by atoms with E-state index in [4.69, 9.17) is 4.74 Å². The fourth-order valence-corrected chi connectivity index (χ4v) is 4.83. The van der Waals surface area contributed by atoms with Crippen molar-refractivity contribution in [3.8, 4) is 29.0 Å². The van der Waals surface area contributed by atoms with Gasteiger partial charge in [-0.3, -0.25) is 0 Å². The summed E-state index contributed by atoms with van der Waals surface area (Å²) in [6, 6.07) is 16.7. The SMILES string of the molecule is CCCCCC1CCC(c2ccc(-c3ccc(OCCC)cc3)c(C#N)c2C#N)CC1. The van der Waals surface area contributed by atoms with E-state index in [1.54, 1.807) is 0 Å². The zero-order chi connectivity index (χ0) is 22.1. The van der Waals surface area contributed by atoms with E-state index in [2.05, 4.69) is 32.1 Å². The average Bonchev–Trinajstić information content (AvgIpc) is 2.82. The maximum Gasteiger partial charge on any atom is 0.119 e. The van der Waals surface area contributed by atoms with Gasteiger partial charge in [0.25, 0.3) is 0 Å². The summed E-state index contributed by atoms with van der Waals surface area (Å²) < 4.78 is 5.67. The molecule has 0 amide bonds. The molecule has 0 atom stereocenters. The van der Waals surface area contributed by atoms with Crippen LogP contribution in [0.15, 0.2) is 36.4 Å². The van der Waals surface area contributed by atoms with E-state index in [1.807, 2.05) is 30.3 Å². The molecular formula is C28H34N2O. The van der Waals surface area contributed by atoms with Gasteiger partial charge in [-0.15, -0.1) is 0 Å². The molecule has 31 heavy (non-hydrogen) atoms. The summed E-state index contributed by atoms with van der Waals surface area (Å²) in [5, 5.41) is 19.9. The minimum absolute atomic E-state index is 0.392. The molecule has 1 saturated carbocycles. The van der Waals surface area contributed by atoms with Crippen molar-refractivity contribution < 1.29 is 4.74 Å². The van der Waals surface area contributed by atoms with Gasteiger partial charge >= 0.3 is 0 Å². The van der Waals surface area contributed by atoms with E-state index >= 15 is 0 Å². The molecule has 1 aliphatic rings. The van der Waals surface area contributed by atoms with Crippen molar-refractivity contribution in [3.05, 3.63) is 53.1 Å². The third kappa shape index (κ3) is 5.68. The first kappa shape index (κ1) is 22.9. The fourth-order valence-electron chi connectivity index (χ4n) is 4.83. The lowest BCUT2D eigenvalue weighted by molar-refractivity contribution is 0.302. The van der Waals surface area contributed by atoms with Gasteiger partial charge in [0.05, 0.1) is 17.7 Å². The van der Waals surface area contributed by atoms with Crippen LogP contribution in [0.4, 0.5) is 0 Å². The van der Waals surface area contributed by atoms with E-state index in [1.165, 1.54) is 38.5 Å². The van der Waals surface area contributed by atoms with E-state index in [-0.39, 0.29) is 0 Å². The first-order chi connectivity index (χ1) is 15.2. The highest BCUT2D eigenvalue weighted by Gasteiger charge is 2.26. The lowest BCUT2D eigenvalue weighted by Crippen LogP contribution is -2.15. The molecule has 0 saturated heterocycles. The van der Waals surface area contributed by atoms with Crippen molar-refractivity contribution in [3.63, 3.8) is 0 Å². The second-order valence-electron chi connectivity index (χ2n) is 8.76. The van der Waals surface area contributed by atoms with Crippen LogP contribution in [-0.4, -0.2) is 6.61 Å². The number of hydrogen-bond donors (Lipinski definition) is 0. The van der Waals surface area contributed by atoms with Crippen LogP contribution in [0, 0.1) is 28.6 Å². The molecule has 3 heteroatoms. The Morgan fingerprint density at radius 3 is 2.16 bits per heavy atom. The first-order valence-corrected chi connectivity index (χ1v) is 11.9. The van der Waals surface area contributed by atoms with E-state index in [0.29, 0.717) is 23.7 Å². The second-order valence-corrected chi connectivity index (χ2v) is 8.76. The van der Waals surface area contributed by atoms with Crippen molar-refractivity contribution in [2.75, 3.05) is 6.61 Å². The van der Waals surface area contributed by atoms with Crippen LogP contribution >= 0.6 is 0 Å². The molecule has 2 aromatic rings. The Hall–Kier alpha value is -2.78. The maximum atomic E-state index is 9.95. The standard InChI is InChI=1S/C28H34N2O/c1-3-5-6-7-21-8-10-22(11-9-21)25-16-17-26(28(20-30)27(25)19-29)23-12-14-24(15-13-23)31-18-4-2/h12-17,21-22H,3-11,18H2,1-2H3. The summed E-state index contributed by atoms with van der Waals surface area (Å²) in [5.74, 6) is 2.05. The van der Waals surface area contributed by atoms with E-state index in [0.717, 1.165) is 47.6 Å². The van der Waals surface area contributed by atoms with Gasteiger partial charge in [0.1, 0.15) is 17.9 Å². The summed E-state index contributed by atoms with van der Waals surface area (Å²) in [4.78, 5) is 0. The number of nitriles is 2. The quantitative estimate of drug-likeness (QED) is 0.394. The molecule has 0 unspecified atom stereocenters. The third-order valence-electron chi connectivity index (χ3n) is 6.60. The zero-order valence-corrected chi connectivity index (χ0v) is 19.0. The summed E-state index contributed by atoms with van der Waals surface area (Å²) in [6.45, 7) is 5.03. The summed E-state index contributed by atoms with van der Waals surface area (Å²) in [6.07, 6.45) is 11.0. The maximum absolute atomic E-state index is 9.95. The molecule has 1 fully saturated rings. The molecule has 0 heterocycles. The Kier molecular flexibility index (Phi) is 8.54. The Balaban J connectivity index is 1.79. The number of hydrogen-bond acceptors (Lipinski definition) is 3. The predicted molar refractivity (Wildman–Crippen MR) is 126 cm³/mol. The van der Waals surface area contributed by atoms with E-state index in [9.17, 15) is 10.5 Å². The van der Waals surface area contributed by atoms with Gasteiger partial charge in [0, 0.05) is 5.56 Å². The van der Waals surface area contributed by atoms with Crippen LogP contribution in [-0.2, 0) is 0 Å². The summed E-state index contributed by atoms with van der Waals surface area (Å²) in [5.41, 5.74) is 3.92. The number of rotatable bonds is 9. The molecular weight excluding hydrogens is 380 g/mol. The molecule has 3 nitrogen and oxygen atoms in total. The number of nitrogens with zero attached hydrogens (tertiary/aromatic N) is 2. The highest BCUT2D eigenvalue weighted by molar-refractivity contribution is 5.75. The van der Waals surface area contributed by atoms with Crippen molar-refractivity contribution >= 4 is 0 Å². The smallest absolute Gasteiger partial charge is 0.119 e. The average molecular weight is 415 g/mol. The number of ether oxygens (including phenoxy) is 1. The van der Waals surface area contributed by atoms with Crippen LogP contribution in [0.2, 0.25) is 0 Å². The molecule has 0 N–H and O–H groups in total.